The molecule has 72 valence electrons. The van der Waals surface area contributed by atoms with Gasteiger partial charge >= 0.3 is 9.28 Å². The third-order valence-electron chi connectivity index (χ3n) is 2.99. The van der Waals surface area contributed by atoms with Crippen LogP contribution in [0.3, 0.4) is 0 Å². The van der Waals surface area contributed by atoms with Crippen LogP contribution in [-0.2, 0) is 8.85 Å². The lowest BCUT2D eigenvalue weighted by atomic mass is 9.90. The molecule has 0 saturated heterocycles. The monoisotopic (exact) mass is 188 g/mol. The van der Waals surface area contributed by atoms with Gasteiger partial charge in [0, 0.05) is 19.8 Å². The van der Waals surface area contributed by atoms with Crippen molar-refractivity contribution < 1.29 is 8.85 Å². The fraction of sp³-hybridized carbons (Fsp3) is 1.00. The van der Waals surface area contributed by atoms with Gasteiger partial charge in [-0.05, 0) is 12.3 Å². The van der Waals surface area contributed by atoms with E-state index in [0.29, 0.717) is 0 Å². The number of hydrogen-bond acceptors (Lipinski definition) is 2. The summed E-state index contributed by atoms with van der Waals surface area (Å²) in [6, 6.07) is 0. The molecule has 1 aliphatic carbocycles. The highest BCUT2D eigenvalue weighted by atomic mass is 28.3. The summed E-state index contributed by atoms with van der Waals surface area (Å²) >= 11 is 0. The Kier molecular flexibility index (Phi) is 4.25. The maximum absolute atomic E-state index is 5.43. The van der Waals surface area contributed by atoms with Gasteiger partial charge in [-0.2, -0.15) is 0 Å². The summed E-state index contributed by atoms with van der Waals surface area (Å²) in [7, 11) is 2.26. The van der Waals surface area contributed by atoms with Crippen LogP contribution in [0.2, 0.25) is 5.54 Å². The molecule has 0 radical (unpaired) electrons. The van der Waals surface area contributed by atoms with Crippen molar-refractivity contribution in [2.45, 2.75) is 38.1 Å². The van der Waals surface area contributed by atoms with E-state index in [1.165, 1.54) is 25.7 Å². The maximum atomic E-state index is 5.43. The van der Waals surface area contributed by atoms with Gasteiger partial charge in [0.2, 0.25) is 0 Å². The highest BCUT2D eigenvalue weighted by Crippen LogP contribution is 2.36. The van der Waals surface area contributed by atoms with Crippen molar-refractivity contribution in [3.63, 3.8) is 0 Å². The van der Waals surface area contributed by atoms with Crippen LogP contribution in [0.15, 0.2) is 0 Å². The summed E-state index contributed by atoms with van der Waals surface area (Å²) in [6.45, 7) is 2.34. The summed E-state index contributed by atoms with van der Waals surface area (Å²) in [5.41, 5.74) is 0.744. The van der Waals surface area contributed by atoms with E-state index in [2.05, 4.69) is 6.92 Å². The molecule has 2 nitrogen and oxygen atoms in total. The van der Waals surface area contributed by atoms with Crippen molar-refractivity contribution in [2.24, 2.45) is 5.92 Å². The van der Waals surface area contributed by atoms with E-state index in [-0.39, 0.29) is 0 Å². The average Bonchev–Trinajstić information content (AvgIpc) is 2.10. The fourth-order valence-electron chi connectivity index (χ4n) is 2.20. The molecule has 1 saturated carbocycles. The van der Waals surface area contributed by atoms with Crippen LogP contribution in [-0.4, -0.2) is 23.5 Å². The van der Waals surface area contributed by atoms with E-state index >= 15 is 0 Å². The Morgan fingerprint density at radius 1 is 1.08 bits per heavy atom. The normalized spacial score (nSPS) is 31.0. The van der Waals surface area contributed by atoms with Crippen LogP contribution in [0.4, 0.5) is 0 Å². The minimum Gasteiger partial charge on any atom is -0.400 e. The van der Waals surface area contributed by atoms with E-state index in [1.807, 2.05) is 0 Å². The second-order valence-electron chi connectivity index (χ2n) is 3.77. The minimum atomic E-state index is -1.33. The van der Waals surface area contributed by atoms with Gasteiger partial charge in [0.25, 0.3) is 0 Å². The quantitative estimate of drug-likeness (QED) is 0.631. The maximum Gasteiger partial charge on any atom is 0.324 e. The molecule has 1 fully saturated rings. The molecule has 0 aromatic carbocycles. The first-order valence-electron chi connectivity index (χ1n) is 4.85. The van der Waals surface area contributed by atoms with Crippen molar-refractivity contribution in [3.05, 3.63) is 0 Å². The highest BCUT2D eigenvalue weighted by Gasteiger charge is 2.31. The molecule has 0 bridgehead atoms. The summed E-state index contributed by atoms with van der Waals surface area (Å²) in [5.74, 6) is 0.815. The van der Waals surface area contributed by atoms with Gasteiger partial charge in [-0.3, -0.25) is 0 Å². The molecule has 0 N–H and O–H groups in total. The Hall–Kier alpha value is 0.137. The SMILES string of the molecule is CO[SiH](OC)C1CCCCC1C. The Morgan fingerprint density at radius 2 is 1.67 bits per heavy atom. The first-order valence-corrected chi connectivity index (χ1v) is 6.46. The molecule has 0 aromatic heterocycles. The van der Waals surface area contributed by atoms with Gasteiger partial charge in [0.1, 0.15) is 0 Å². The molecule has 0 spiro atoms. The largest absolute Gasteiger partial charge is 0.400 e. The fourth-order valence-corrected chi connectivity index (χ4v) is 4.32. The van der Waals surface area contributed by atoms with E-state index in [0.717, 1.165) is 11.5 Å². The first kappa shape index (κ1) is 10.2. The van der Waals surface area contributed by atoms with Crippen molar-refractivity contribution >= 4 is 9.28 Å². The van der Waals surface area contributed by atoms with Gasteiger partial charge in [-0.1, -0.05) is 26.2 Å². The summed E-state index contributed by atoms with van der Waals surface area (Å²) in [5, 5.41) is 0. The van der Waals surface area contributed by atoms with E-state index < -0.39 is 9.28 Å². The molecular weight excluding hydrogens is 168 g/mol. The second kappa shape index (κ2) is 4.99. The molecule has 3 heteroatoms. The molecule has 12 heavy (non-hydrogen) atoms. The van der Waals surface area contributed by atoms with E-state index in [1.54, 1.807) is 14.2 Å². The Labute approximate surface area is 77.1 Å². The van der Waals surface area contributed by atoms with Crippen molar-refractivity contribution in [2.75, 3.05) is 14.2 Å². The summed E-state index contributed by atoms with van der Waals surface area (Å²) in [4.78, 5) is 0. The number of hydrogen-bond donors (Lipinski definition) is 0. The van der Waals surface area contributed by atoms with Gasteiger partial charge in [-0.25, -0.2) is 0 Å². The lowest BCUT2D eigenvalue weighted by molar-refractivity contribution is 0.232. The zero-order valence-corrected chi connectivity index (χ0v) is 9.53. The lowest BCUT2D eigenvalue weighted by Crippen LogP contribution is -2.32. The third-order valence-corrected chi connectivity index (χ3v) is 5.61. The average molecular weight is 188 g/mol. The zero-order chi connectivity index (χ0) is 8.97. The van der Waals surface area contributed by atoms with Crippen molar-refractivity contribution in [1.82, 2.24) is 0 Å². The molecule has 0 aromatic rings. The molecule has 2 atom stereocenters. The smallest absolute Gasteiger partial charge is 0.324 e. The summed E-state index contributed by atoms with van der Waals surface area (Å²) in [6.07, 6.45) is 5.44. The molecule has 0 aliphatic heterocycles. The molecule has 2 unspecified atom stereocenters. The van der Waals surface area contributed by atoms with Crippen LogP contribution >= 0.6 is 0 Å². The predicted octanol–water partition coefficient (Wildman–Crippen LogP) is 2.08. The minimum absolute atomic E-state index is 0.744. The van der Waals surface area contributed by atoms with Crippen LogP contribution in [0.25, 0.3) is 0 Å². The van der Waals surface area contributed by atoms with Crippen LogP contribution < -0.4 is 0 Å². The molecule has 0 heterocycles. The number of rotatable bonds is 3. The summed E-state index contributed by atoms with van der Waals surface area (Å²) < 4.78 is 10.9. The predicted molar refractivity (Wildman–Crippen MR) is 52.5 cm³/mol. The highest BCUT2D eigenvalue weighted by molar-refractivity contribution is 6.46. The van der Waals surface area contributed by atoms with Gasteiger partial charge < -0.3 is 8.85 Å². The first-order chi connectivity index (χ1) is 5.79. The van der Waals surface area contributed by atoms with Crippen LogP contribution in [0.1, 0.15) is 32.6 Å². The standard InChI is InChI=1S/C9H20O2Si/c1-8-6-4-5-7-9(8)12(10-2)11-3/h8-9,12H,4-7H2,1-3H3. The Balaban J connectivity index is 2.45. The van der Waals surface area contributed by atoms with Crippen molar-refractivity contribution in [3.8, 4) is 0 Å². The lowest BCUT2D eigenvalue weighted by Gasteiger charge is -2.31. The molecular formula is C9H20O2Si. The van der Waals surface area contributed by atoms with E-state index in [9.17, 15) is 0 Å². The topological polar surface area (TPSA) is 18.5 Å². The van der Waals surface area contributed by atoms with E-state index in [4.69, 9.17) is 8.85 Å². The molecule has 1 rings (SSSR count). The van der Waals surface area contributed by atoms with Crippen molar-refractivity contribution in [1.29, 1.82) is 0 Å². The van der Waals surface area contributed by atoms with Crippen LogP contribution in [0, 0.1) is 5.92 Å². The molecule has 0 amide bonds. The van der Waals surface area contributed by atoms with Gasteiger partial charge in [-0.15, -0.1) is 0 Å². The van der Waals surface area contributed by atoms with Crippen LogP contribution in [0.5, 0.6) is 0 Å². The zero-order valence-electron chi connectivity index (χ0n) is 8.38. The Bertz CT molecular complexity index is 126. The Morgan fingerprint density at radius 3 is 2.17 bits per heavy atom. The second-order valence-corrected chi connectivity index (χ2v) is 6.30. The third kappa shape index (κ3) is 2.31. The van der Waals surface area contributed by atoms with Gasteiger partial charge in [0.15, 0.2) is 0 Å². The van der Waals surface area contributed by atoms with Gasteiger partial charge in [0.05, 0.1) is 0 Å². The molecule has 1 aliphatic rings.